The van der Waals surface area contributed by atoms with Crippen molar-refractivity contribution in [2.24, 2.45) is 0 Å². The summed E-state index contributed by atoms with van der Waals surface area (Å²) >= 11 is 0. The lowest BCUT2D eigenvalue weighted by atomic mass is 10.1. The summed E-state index contributed by atoms with van der Waals surface area (Å²) in [6, 6.07) is 18.6. The highest BCUT2D eigenvalue weighted by molar-refractivity contribution is 5.88. The van der Waals surface area contributed by atoms with Crippen molar-refractivity contribution in [3.63, 3.8) is 0 Å². The average Bonchev–Trinajstić information content (AvgIpc) is 3.07. The summed E-state index contributed by atoms with van der Waals surface area (Å²) in [5.74, 6) is 0.0475. The second-order valence-corrected chi connectivity index (χ2v) is 6.82. The molecule has 0 atom stereocenters. The van der Waals surface area contributed by atoms with Crippen LogP contribution in [0.25, 0.3) is 10.9 Å². The number of amides is 1. The molecular formula is C21H24N4O. The second-order valence-electron chi connectivity index (χ2n) is 6.82. The van der Waals surface area contributed by atoms with E-state index in [0.29, 0.717) is 6.42 Å². The van der Waals surface area contributed by atoms with Crippen LogP contribution < -0.4 is 5.43 Å². The number of para-hydroxylation sites is 1. The van der Waals surface area contributed by atoms with Crippen LogP contribution in [0.5, 0.6) is 0 Å². The molecule has 5 nitrogen and oxygen atoms in total. The van der Waals surface area contributed by atoms with E-state index >= 15 is 0 Å². The maximum absolute atomic E-state index is 12.4. The molecule has 2 N–H and O–H groups in total. The van der Waals surface area contributed by atoms with Gasteiger partial charge in [-0.3, -0.25) is 15.1 Å². The standard InChI is InChI=1S/C21H24N4O/c26-21(14-18-15-22-20-9-5-4-8-19(18)20)23-25-12-10-24(11-13-25)16-17-6-2-1-3-7-17/h1-9,15,22H,10-14,16H2,(H,23,26). The van der Waals surface area contributed by atoms with Gasteiger partial charge in [-0.25, -0.2) is 5.01 Å². The summed E-state index contributed by atoms with van der Waals surface area (Å²) in [6.07, 6.45) is 2.33. The molecule has 1 aliphatic rings. The molecule has 1 aromatic heterocycles. The molecule has 134 valence electrons. The topological polar surface area (TPSA) is 51.4 Å². The number of carbonyl (C=O) groups is 1. The van der Waals surface area contributed by atoms with Crippen LogP contribution in [-0.2, 0) is 17.8 Å². The molecule has 3 aromatic rings. The minimum Gasteiger partial charge on any atom is -0.361 e. The Balaban J connectivity index is 1.27. The van der Waals surface area contributed by atoms with Gasteiger partial charge in [0.15, 0.2) is 0 Å². The van der Waals surface area contributed by atoms with Crippen LogP contribution in [0.15, 0.2) is 60.8 Å². The number of hydrogen-bond donors (Lipinski definition) is 2. The highest BCUT2D eigenvalue weighted by atomic mass is 16.2. The Morgan fingerprint density at radius 3 is 2.50 bits per heavy atom. The lowest BCUT2D eigenvalue weighted by Gasteiger charge is -2.34. The van der Waals surface area contributed by atoms with Crippen molar-refractivity contribution >= 4 is 16.8 Å². The first kappa shape index (κ1) is 16.8. The number of aromatic nitrogens is 1. The number of benzene rings is 2. The molecule has 0 spiro atoms. The number of carbonyl (C=O) groups excluding carboxylic acids is 1. The molecule has 1 saturated heterocycles. The minimum absolute atomic E-state index is 0.0475. The number of hydrogen-bond acceptors (Lipinski definition) is 3. The van der Waals surface area contributed by atoms with Crippen LogP contribution >= 0.6 is 0 Å². The summed E-state index contributed by atoms with van der Waals surface area (Å²) in [6.45, 7) is 4.60. The molecule has 26 heavy (non-hydrogen) atoms. The van der Waals surface area contributed by atoms with E-state index in [0.717, 1.165) is 49.2 Å². The fraction of sp³-hybridized carbons (Fsp3) is 0.286. The van der Waals surface area contributed by atoms with Gasteiger partial charge in [-0.2, -0.15) is 0 Å². The summed E-state index contributed by atoms with van der Waals surface area (Å²) in [4.78, 5) is 18.1. The molecule has 1 aliphatic heterocycles. The molecule has 2 aromatic carbocycles. The quantitative estimate of drug-likeness (QED) is 0.745. The molecule has 0 bridgehead atoms. The third kappa shape index (κ3) is 3.95. The fourth-order valence-electron chi connectivity index (χ4n) is 3.53. The third-order valence-corrected chi connectivity index (χ3v) is 4.93. The first-order valence-corrected chi connectivity index (χ1v) is 9.13. The van der Waals surface area contributed by atoms with E-state index in [-0.39, 0.29) is 5.91 Å². The maximum Gasteiger partial charge on any atom is 0.238 e. The lowest BCUT2D eigenvalue weighted by Crippen LogP contribution is -2.53. The van der Waals surface area contributed by atoms with Gasteiger partial charge in [0.25, 0.3) is 0 Å². The van der Waals surface area contributed by atoms with Gasteiger partial charge in [0.2, 0.25) is 5.91 Å². The van der Waals surface area contributed by atoms with Crippen molar-refractivity contribution in [1.82, 2.24) is 20.3 Å². The minimum atomic E-state index is 0.0475. The van der Waals surface area contributed by atoms with Gasteiger partial charge in [0, 0.05) is 49.8 Å². The zero-order valence-electron chi connectivity index (χ0n) is 14.8. The smallest absolute Gasteiger partial charge is 0.238 e. The van der Waals surface area contributed by atoms with Crippen LogP contribution in [0.1, 0.15) is 11.1 Å². The Hall–Kier alpha value is -2.63. The van der Waals surface area contributed by atoms with E-state index < -0.39 is 0 Å². The summed E-state index contributed by atoms with van der Waals surface area (Å²) < 4.78 is 0. The van der Waals surface area contributed by atoms with Crippen LogP contribution in [-0.4, -0.2) is 47.0 Å². The summed E-state index contributed by atoms with van der Waals surface area (Å²) in [5.41, 5.74) is 6.51. The molecule has 1 fully saturated rings. The Morgan fingerprint density at radius 2 is 1.69 bits per heavy atom. The van der Waals surface area contributed by atoms with Crippen molar-refractivity contribution in [1.29, 1.82) is 0 Å². The molecule has 1 amide bonds. The van der Waals surface area contributed by atoms with Crippen LogP contribution in [0.2, 0.25) is 0 Å². The average molecular weight is 348 g/mol. The predicted molar refractivity (Wildman–Crippen MR) is 103 cm³/mol. The second kappa shape index (κ2) is 7.72. The number of nitrogens with zero attached hydrogens (tertiary/aromatic N) is 2. The van der Waals surface area contributed by atoms with Gasteiger partial charge in [0.05, 0.1) is 6.42 Å². The molecule has 5 heteroatoms. The van der Waals surface area contributed by atoms with Gasteiger partial charge in [-0.1, -0.05) is 48.5 Å². The SMILES string of the molecule is O=C(Cc1c[nH]c2ccccc12)NN1CCN(Cc2ccccc2)CC1. The monoisotopic (exact) mass is 348 g/mol. The van der Waals surface area contributed by atoms with E-state index in [1.807, 2.05) is 35.5 Å². The maximum atomic E-state index is 12.4. The van der Waals surface area contributed by atoms with E-state index in [1.165, 1.54) is 5.56 Å². The Labute approximate surface area is 153 Å². The highest BCUT2D eigenvalue weighted by Crippen LogP contribution is 2.18. The largest absolute Gasteiger partial charge is 0.361 e. The van der Waals surface area contributed by atoms with E-state index in [9.17, 15) is 4.79 Å². The third-order valence-electron chi connectivity index (χ3n) is 4.93. The summed E-state index contributed by atoms with van der Waals surface area (Å²) in [7, 11) is 0. The van der Waals surface area contributed by atoms with Gasteiger partial charge in [-0.05, 0) is 17.2 Å². The fourth-order valence-corrected chi connectivity index (χ4v) is 3.53. The van der Waals surface area contributed by atoms with Crippen molar-refractivity contribution in [2.75, 3.05) is 26.2 Å². The molecule has 2 heterocycles. The number of nitrogens with one attached hydrogen (secondary N) is 2. The van der Waals surface area contributed by atoms with Gasteiger partial charge in [0.1, 0.15) is 0 Å². The molecule has 4 rings (SSSR count). The van der Waals surface area contributed by atoms with Crippen molar-refractivity contribution in [3.8, 4) is 0 Å². The zero-order chi connectivity index (χ0) is 17.8. The van der Waals surface area contributed by atoms with E-state index in [4.69, 9.17) is 0 Å². The number of H-pyrrole nitrogens is 1. The Kier molecular flexibility index (Phi) is 5.00. The van der Waals surface area contributed by atoms with Crippen molar-refractivity contribution < 1.29 is 4.79 Å². The lowest BCUT2D eigenvalue weighted by molar-refractivity contribution is -0.126. The van der Waals surface area contributed by atoms with Crippen LogP contribution in [0.3, 0.4) is 0 Å². The van der Waals surface area contributed by atoms with E-state index in [1.54, 1.807) is 0 Å². The highest BCUT2D eigenvalue weighted by Gasteiger charge is 2.19. The number of rotatable bonds is 5. The Bertz CT molecular complexity index is 866. The number of hydrazine groups is 1. The normalized spacial score (nSPS) is 16.0. The number of fused-ring (bicyclic) bond motifs is 1. The van der Waals surface area contributed by atoms with Crippen molar-refractivity contribution in [2.45, 2.75) is 13.0 Å². The number of aromatic amines is 1. The van der Waals surface area contributed by atoms with Crippen LogP contribution in [0.4, 0.5) is 0 Å². The molecule has 0 aliphatic carbocycles. The van der Waals surface area contributed by atoms with Gasteiger partial charge >= 0.3 is 0 Å². The molecule has 0 unspecified atom stereocenters. The Morgan fingerprint density at radius 1 is 0.962 bits per heavy atom. The summed E-state index contributed by atoms with van der Waals surface area (Å²) in [5, 5.41) is 3.16. The molecule has 0 radical (unpaired) electrons. The predicted octanol–water partition coefficient (Wildman–Crippen LogP) is 2.56. The first-order chi connectivity index (χ1) is 12.8. The van der Waals surface area contributed by atoms with Crippen molar-refractivity contribution in [3.05, 3.63) is 71.9 Å². The van der Waals surface area contributed by atoms with Crippen LogP contribution in [0, 0.1) is 0 Å². The zero-order valence-corrected chi connectivity index (χ0v) is 14.8. The van der Waals surface area contributed by atoms with E-state index in [2.05, 4.69) is 45.6 Å². The first-order valence-electron chi connectivity index (χ1n) is 9.13. The molecular weight excluding hydrogens is 324 g/mol. The van der Waals surface area contributed by atoms with Gasteiger partial charge < -0.3 is 4.98 Å². The molecule has 0 saturated carbocycles. The number of piperazine rings is 1. The van der Waals surface area contributed by atoms with Gasteiger partial charge in [-0.15, -0.1) is 0 Å².